The number of imidazole rings is 1. The standard InChI is InChI=1S/C26H33FN8/c1-18-14-20(4-5-22(18)27)23-16-35(13-12-33-8-3-9-33)25(32-23)19-6-10-34(11-7-19)26-21(15-29-2)24(28)30-17-31-26/h4-5,14-17,19H,3,6-13H2,1-2H3,(H2,28,30,31). The van der Waals surface area contributed by atoms with Crippen LogP contribution >= 0.6 is 0 Å². The van der Waals surface area contributed by atoms with Crippen molar-refractivity contribution in [3.05, 3.63) is 53.5 Å². The van der Waals surface area contributed by atoms with Gasteiger partial charge in [0.1, 0.15) is 29.6 Å². The molecule has 2 aromatic heterocycles. The molecular formula is C26H33FN8. The minimum Gasteiger partial charge on any atom is -0.383 e. The molecule has 2 N–H and O–H groups in total. The van der Waals surface area contributed by atoms with Crippen molar-refractivity contribution >= 4 is 17.9 Å². The van der Waals surface area contributed by atoms with Crippen LogP contribution in [-0.4, -0.2) is 70.4 Å². The normalized spacial score (nSPS) is 17.3. The van der Waals surface area contributed by atoms with E-state index >= 15 is 0 Å². The number of aliphatic imine (C=N–C) groups is 1. The zero-order chi connectivity index (χ0) is 24.4. The van der Waals surface area contributed by atoms with Gasteiger partial charge in [0.25, 0.3) is 0 Å². The van der Waals surface area contributed by atoms with Gasteiger partial charge >= 0.3 is 0 Å². The molecule has 35 heavy (non-hydrogen) atoms. The van der Waals surface area contributed by atoms with Gasteiger partial charge in [-0.25, -0.2) is 19.3 Å². The van der Waals surface area contributed by atoms with Crippen molar-refractivity contribution in [1.82, 2.24) is 24.4 Å². The number of nitrogens with zero attached hydrogens (tertiary/aromatic N) is 7. The molecule has 9 heteroatoms. The fourth-order valence-corrected chi connectivity index (χ4v) is 4.99. The Morgan fingerprint density at radius 2 is 1.94 bits per heavy atom. The maximum Gasteiger partial charge on any atom is 0.142 e. The van der Waals surface area contributed by atoms with Crippen molar-refractivity contribution in [2.24, 2.45) is 4.99 Å². The van der Waals surface area contributed by atoms with Crippen LogP contribution in [0.25, 0.3) is 11.3 Å². The number of halogens is 1. The minimum absolute atomic E-state index is 0.184. The summed E-state index contributed by atoms with van der Waals surface area (Å²) in [6.45, 7) is 7.82. The number of aryl methyl sites for hydroxylation is 1. The molecule has 2 aliphatic heterocycles. The van der Waals surface area contributed by atoms with E-state index in [0.29, 0.717) is 17.3 Å². The first-order chi connectivity index (χ1) is 17.0. The first kappa shape index (κ1) is 23.4. The number of piperidine rings is 1. The van der Waals surface area contributed by atoms with Crippen LogP contribution in [0.5, 0.6) is 0 Å². The summed E-state index contributed by atoms with van der Waals surface area (Å²) in [4.78, 5) is 22.6. The highest BCUT2D eigenvalue weighted by atomic mass is 19.1. The Bertz CT molecular complexity index is 1210. The number of likely N-dealkylation sites (tertiary alicyclic amines) is 1. The molecule has 0 spiro atoms. The number of rotatable bonds is 7. The van der Waals surface area contributed by atoms with Crippen LogP contribution in [0.3, 0.4) is 0 Å². The Morgan fingerprint density at radius 3 is 2.63 bits per heavy atom. The van der Waals surface area contributed by atoms with E-state index in [1.54, 1.807) is 20.2 Å². The Hall–Kier alpha value is -3.33. The van der Waals surface area contributed by atoms with Crippen molar-refractivity contribution in [1.29, 1.82) is 0 Å². The lowest BCUT2D eigenvalue weighted by molar-refractivity contribution is 0.173. The highest BCUT2D eigenvalue weighted by Crippen LogP contribution is 2.33. The van der Waals surface area contributed by atoms with E-state index in [1.165, 1.54) is 31.9 Å². The van der Waals surface area contributed by atoms with Gasteiger partial charge in [-0.15, -0.1) is 0 Å². The molecule has 2 aliphatic rings. The number of hydrogen-bond acceptors (Lipinski definition) is 7. The second-order valence-corrected chi connectivity index (χ2v) is 9.48. The molecule has 3 aromatic rings. The number of nitrogen functional groups attached to an aromatic ring is 1. The Morgan fingerprint density at radius 1 is 1.14 bits per heavy atom. The Balaban J connectivity index is 1.37. The zero-order valence-corrected chi connectivity index (χ0v) is 20.5. The fourth-order valence-electron chi connectivity index (χ4n) is 4.99. The van der Waals surface area contributed by atoms with Crippen molar-refractivity contribution in [2.75, 3.05) is 50.4 Å². The summed E-state index contributed by atoms with van der Waals surface area (Å²) < 4.78 is 16.2. The first-order valence-corrected chi connectivity index (χ1v) is 12.4. The number of anilines is 2. The monoisotopic (exact) mass is 476 g/mol. The molecule has 5 rings (SSSR count). The lowest BCUT2D eigenvalue weighted by atomic mass is 9.95. The quantitative estimate of drug-likeness (QED) is 0.525. The van der Waals surface area contributed by atoms with Gasteiger partial charge in [-0.3, -0.25) is 4.99 Å². The van der Waals surface area contributed by atoms with Crippen LogP contribution < -0.4 is 10.6 Å². The summed E-state index contributed by atoms with van der Waals surface area (Å²) in [7, 11) is 1.72. The molecule has 0 aliphatic carbocycles. The van der Waals surface area contributed by atoms with E-state index in [4.69, 9.17) is 10.7 Å². The summed E-state index contributed by atoms with van der Waals surface area (Å²) in [5, 5.41) is 0. The molecule has 0 bridgehead atoms. The smallest absolute Gasteiger partial charge is 0.142 e. The molecular weight excluding hydrogens is 443 g/mol. The van der Waals surface area contributed by atoms with E-state index in [0.717, 1.165) is 67.5 Å². The van der Waals surface area contributed by atoms with Crippen LogP contribution in [0.15, 0.2) is 35.7 Å². The maximum atomic E-state index is 13.9. The van der Waals surface area contributed by atoms with Crippen molar-refractivity contribution < 1.29 is 4.39 Å². The van der Waals surface area contributed by atoms with Gasteiger partial charge in [0.2, 0.25) is 0 Å². The topological polar surface area (TPSA) is 88.5 Å². The van der Waals surface area contributed by atoms with Gasteiger partial charge in [-0.05, 0) is 63.0 Å². The summed E-state index contributed by atoms with van der Waals surface area (Å²) in [6.07, 6.45) is 8.62. The maximum absolute atomic E-state index is 13.9. The molecule has 0 radical (unpaired) electrons. The SMILES string of the molecule is CN=Cc1c(N)ncnc1N1CCC(c2nc(-c3ccc(F)c(C)c3)cn2CCN2CCC2)CC1. The summed E-state index contributed by atoms with van der Waals surface area (Å²) in [5.41, 5.74) is 9.39. The van der Waals surface area contributed by atoms with Crippen LogP contribution in [0.4, 0.5) is 16.0 Å². The second-order valence-electron chi connectivity index (χ2n) is 9.48. The van der Waals surface area contributed by atoms with E-state index in [1.807, 2.05) is 12.1 Å². The average molecular weight is 477 g/mol. The summed E-state index contributed by atoms with van der Waals surface area (Å²) in [6, 6.07) is 5.25. The largest absolute Gasteiger partial charge is 0.383 e. The van der Waals surface area contributed by atoms with Gasteiger partial charge in [0, 0.05) is 57.1 Å². The molecule has 4 heterocycles. The molecule has 1 aromatic carbocycles. The number of benzene rings is 1. The Labute approximate surface area is 205 Å². The first-order valence-electron chi connectivity index (χ1n) is 12.4. The molecule has 184 valence electrons. The predicted octanol–water partition coefficient (Wildman–Crippen LogP) is 3.51. The van der Waals surface area contributed by atoms with Crippen LogP contribution in [0.1, 0.15) is 42.1 Å². The molecule has 0 atom stereocenters. The Kier molecular flexibility index (Phi) is 6.77. The molecule has 0 unspecified atom stereocenters. The second kappa shape index (κ2) is 10.1. The predicted molar refractivity (Wildman–Crippen MR) is 138 cm³/mol. The lowest BCUT2D eigenvalue weighted by Crippen LogP contribution is -2.39. The van der Waals surface area contributed by atoms with E-state index < -0.39 is 0 Å². The van der Waals surface area contributed by atoms with Gasteiger partial charge < -0.3 is 20.1 Å². The van der Waals surface area contributed by atoms with E-state index in [-0.39, 0.29) is 5.82 Å². The molecule has 2 saturated heterocycles. The summed E-state index contributed by atoms with van der Waals surface area (Å²) >= 11 is 0. The van der Waals surface area contributed by atoms with E-state index in [9.17, 15) is 4.39 Å². The van der Waals surface area contributed by atoms with Gasteiger partial charge in [0.15, 0.2) is 0 Å². The van der Waals surface area contributed by atoms with Crippen LogP contribution in [0.2, 0.25) is 0 Å². The van der Waals surface area contributed by atoms with Crippen molar-refractivity contribution in [2.45, 2.75) is 38.6 Å². The number of nitrogens with two attached hydrogens (primary N) is 1. The van der Waals surface area contributed by atoms with Crippen molar-refractivity contribution in [3.8, 4) is 11.3 Å². The van der Waals surface area contributed by atoms with Crippen LogP contribution in [-0.2, 0) is 6.54 Å². The van der Waals surface area contributed by atoms with Crippen LogP contribution in [0, 0.1) is 12.7 Å². The molecule has 8 nitrogen and oxygen atoms in total. The van der Waals surface area contributed by atoms with E-state index in [2.05, 4.69) is 35.5 Å². The third-order valence-corrected chi connectivity index (χ3v) is 7.18. The van der Waals surface area contributed by atoms with Gasteiger partial charge in [-0.1, -0.05) is 0 Å². The third-order valence-electron chi connectivity index (χ3n) is 7.18. The molecule has 2 fully saturated rings. The van der Waals surface area contributed by atoms with Gasteiger partial charge in [-0.2, -0.15) is 0 Å². The third kappa shape index (κ3) is 4.91. The highest BCUT2D eigenvalue weighted by molar-refractivity contribution is 5.91. The minimum atomic E-state index is -0.184. The van der Waals surface area contributed by atoms with Crippen molar-refractivity contribution in [3.63, 3.8) is 0 Å². The lowest BCUT2D eigenvalue weighted by Gasteiger charge is -2.34. The fraction of sp³-hybridized carbons (Fsp3) is 0.462. The molecule has 0 amide bonds. The highest BCUT2D eigenvalue weighted by Gasteiger charge is 2.27. The zero-order valence-electron chi connectivity index (χ0n) is 20.5. The molecule has 0 saturated carbocycles. The van der Waals surface area contributed by atoms with Gasteiger partial charge in [0.05, 0.1) is 11.3 Å². The number of aromatic nitrogens is 4. The number of hydrogen-bond donors (Lipinski definition) is 1. The average Bonchev–Trinajstić information content (AvgIpc) is 3.25. The summed E-state index contributed by atoms with van der Waals surface area (Å²) in [5.74, 6) is 2.57.